The van der Waals surface area contributed by atoms with E-state index in [4.69, 9.17) is 5.73 Å². The van der Waals surface area contributed by atoms with Crippen LogP contribution in [0.25, 0.3) is 10.9 Å². The van der Waals surface area contributed by atoms with Gasteiger partial charge in [-0.25, -0.2) is 4.79 Å². The molecule has 180 valence electrons. The lowest BCUT2D eigenvalue weighted by Gasteiger charge is -2.23. The van der Waals surface area contributed by atoms with E-state index in [-0.39, 0.29) is 12.2 Å². The van der Waals surface area contributed by atoms with Crippen molar-refractivity contribution in [1.82, 2.24) is 20.9 Å². The van der Waals surface area contributed by atoms with Crippen molar-refractivity contribution in [3.8, 4) is 0 Å². The number of aliphatic hydroxyl groups excluding tert-OH is 1. The van der Waals surface area contributed by atoms with Gasteiger partial charge in [0.1, 0.15) is 24.2 Å². The van der Waals surface area contributed by atoms with Gasteiger partial charge in [0.25, 0.3) is 0 Å². The summed E-state index contributed by atoms with van der Waals surface area (Å²) in [5.74, 6) is -3.50. The zero-order valence-electron chi connectivity index (χ0n) is 18.2. The molecule has 2 aromatic rings. The number of carbonyl (C=O) groups excluding carboxylic acids is 3. The van der Waals surface area contributed by atoms with E-state index in [1.807, 2.05) is 24.3 Å². The maximum absolute atomic E-state index is 12.7. The molecule has 5 unspecified atom stereocenters. The highest BCUT2D eigenvalue weighted by Crippen LogP contribution is 2.19. The number of hydrogen-bond donors (Lipinski definition) is 8. The average molecular weight is 480 g/mol. The van der Waals surface area contributed by atoms with Crippen molar-refractivity contribution in [2.45, 2.75) is 50.5 Å². The number of aromatic nitrogens is 1. The summed E-state index contributed by atoms with van der Waals surface area (Å²) in [6.45, 7) is 2.72. The zero-order valence-corrected chi connectivity index (χ0v) is 19.1. The van der Waals surface area contributed by atoms with E-state index in [1.54, 1.807) is 6.20 Å². The summed E-state index contributed by atoms with van der Waals surface area (Å²) in [6, 6.07) is 2.72. The fourth-order valence-electron chi connectivity index (χ4n) is 3.08. The Morgan fingerprint density at radius 3 is 2.27 bits per heavy atom. The van der Waals surface area contributed by atoms with Gasteiger partial charge in [-0.2, -0.15) is 12.6 Å². The Balaban J connectivity index is 2.01. The minimum Gasteiger partial charge on any atom is -0.480 e. The summed E-state index contributed by atoms with van der Waals surface area (Å²) < 4.78 is 0. The molecule has 0 saturated heterocycles. The Morgan fingerprint density at radius 1 is 1.03 bits per heavy atom. The van der Waals surface area contributed by atoms with Crippen molar-refractivity contribution in [3.05, 3.63) is 36.0 Å². The fourth-order valence-corrected chi connectivity index (χ4v) is 3.33. The minimum absolute atomic E-state index is 0.0298. The number of aromatic amines is 1. The molecule has 0 aliphatic carbocycles. The first kappa shape index (κ1) is 26.2. The highest BCUT2D eigenvalue weighted by atomic mass is 32.1. The van der Waals surface area contributed by atoms with E-state index in [0.717, 1.165) is 16.5 Å². The smallest absolute Gasteiger partial charge is 0.326 e. The summed E-state index contributed by atoms with van der Waals surface area (Å²) in [4.78, 5) is 51.8. The molecule has 0 fully saturated rings. The normalized spacial score (nSPS) is 15.7. The molecule has 5 atom stereocenters. The van der Waals surface area contributed by atoms with E-state index in [9.17, 15) is 29.4 Å². The van der Waals surface area contributed by atoms with Gasteiger partial charge in [0.15, 0.2) is 0 Å². The van der Waals surface area contributed by atoms with Gasteiger partial charge in [-0.1, -0.05) is 18.2 Å². The number of carboxylic acids is 1. The molecule has 0 aliphatic heterocycles. The molecule has 1 heterocycles. The van der Waals surface area contributed by atoms with Gasteiger partial charge in [-0.3, -0.25) is 14.4 Å². The van der Waals surface area contributed by atoms with Gasteiger partial charge >= 0.3 is 5.97 Å². The van der Waals surface area contributed by atoms with E-state index < -0.39 is 54.0 Å². The molecular formula is C21H29N5O6S. The van der Waals surface area contributed by atoms with Crippen LogP contribution in [0.5, 0.6) is 0 Å². The molecule has 33 heavy (non-hydrogen) atoms. The Kier molecular flexibility index (Phi) is 9.26. The number of carboxylic acid groups (broad SMARTS) is 1. The van der Waals surface area contributed by atoms with E-state index in [2.05, 4.69) is 33.6 Å². The molecule has 0 spiro atoms. The number of aliphatic hydroxyl groups is 1. The monoisotopic (exact) mass is 479 g/mol. The summed E-state index contributed by atoms with van der Waals surface area (Å²) >= 11 is 4.07. The number of nitrogens with two attached hydrogens (primary N) is 1. The second kappa shape index (κ2) is 11.7. The van der Waals surface area contributed by atoms with Crippen molar-refractivity contribution in [2.24, 2.45) is 5.73 Å². The molecule has 0 saturated carbocycles. The number of benzene rings is 1. The van der Waals surface area contributed by atoms with Crippen molar-refractivity contribution in [3.63, 3.8) is 0 Å². The third-order valence-electron chi connectivity index (χ3n) is 5.10. The second-order valence-corrected chi connectivity index (χ2v) is 8.07. The van der Waals surface area contributed by atoms with Gasteiger partial charge in [-0.05, 0) is 25.5 Å². The number of rotatable bonds is 11. The van der Waals surface area contributed by atoms with Crippen molar-refractivity contribution in [2.75, 3.05) is 5.75 Å². The van der Waals surface area contributed by atoms with Gasteiger partial charge in [0.2, 0.25) is 17.7 Å². The minimum atomic E-state index is -1.24. The third-order valence-corrected chi connectivity index (χ3v) is 5.47. The maximum atomic E-state index is 12.7. The molecule has 0 radical (unpaired) electrons. The Bertz CT molecular complexity index is 1010. The van der Waals surface area contributed by atoms with Crippen LogP contribution in [0.4, 0.5) is 0 Å². The lowest BCUT2D eigenvalue weighted by atomic mass is 10.0. The maximum Gasteiger partial charge on any atom is 0.326 e. The SMILES string of the molecule is CC(NC(=O)C(N)C(C)O)C(=O)NC(CS)C(=O)NC(Cc1c[nH]c2ccccc12)C(=O)O. The number of para-hydroxylation sites is 1. The molecule has 1 aromatic heterocycles. The van der Waals surface area contributed by atoms with Crippen LogP contribution in [0.15, 0.2) is 30.5 Å². The first-order valence-electron chi connectivity index (χ1n) is 10.3. The van der Waals surface area contributed by atoms with E-state index in [0.29, 0.717) is 0 Å². The number of aliphatic carboxylic acids is 1. The Labute approximate surface area is 195 Å². The predicted molar refractivity (Wildman–Crippen MR) is 125 cm³/mol. The first-order chi connectivity index (χ1) is 15.5. The molecule has 12 heteroatoms. The molecule has 3 amide bonds. The number of amides is 3. The van der Waals surface area contributed by atoms with Gasteiger partial charge in [0, 0.05) is 29.3 Å². The summed E-state index contributed by atoms with van der Waals surface area (Å²) in [5, 5.41) is 27.0. The first-order valence-corrected chi connectivity index (χ1v) is 10.9. The third kappa shape index (κ3) is 6.94. The fraction of sp³-hybridized carbons (Fsp3) is 0.429. The molecule has 0 aliphatic rings. The standard InChI is InChI=1S/C21H29N5O6S/c1-10(24-20(30)17(22)11(2)27)18(28)26-16(9-33)19(29)25-15(21(31)32)7-12-8-23-14-6-4-3-5-13(12)14/h3-6,8,10-11,15-17,23,27,33H,7,9,22H2,1-2H3,(H,24,30)(H,25,29)(H,26,28)(H,31,32). The summed E-state index contributed by atoms with van der Waals surface area (Å²) in [6.07, 6.45) is 0.607. The van der Waals surface area contributed by atoms with Crippen LogP contribution < -0.4 is 21.7 Å². The number of thiol groups is 1. The van der Waals surface area contributed by atoms with Gasteiger partial charge in [-0.15, -0.1) is 0 Å². The molecule has 1 aromatic carbocycles. The molecule has 11 nitrogen and oxygen atoms in total. The highest BCUT2D eigenvalue weighted by molar-refractivity contribution is 7.80. The second-order valence-electron chi connectivity index (χ2n) is 7.70. The van der Waals surface area contributed by atoms with Crippen LogP contribution in [-0.4, -0.2) is 74.9 Å². The van der Waals surface area contributed by atoms with Gasteiger partial charge in [0.05, 0.1) is 6.10 Å². The summed E-state index contributed by atoms with van der Waals surface area (Å²) in [5.41, 5.74) is 7.09. The number of hydrogen-bond acceptors (Lipinski definition) is 7. The topological polar surface area (TPSA) is 187 Å². The van der Waals surface area contributed by atoms with E-state index in [1.165, 1.54) is 13.8 Å². The summed E-state index contributed by atoms with van der Waals surface area (Å²) in [7, 11) is 0. The van der Waals surface area contributed by atoms with Crippen LogP contribution in [0.3, 0.4) is 0 Å². The largest absolute Gasteiger partial charge is 0.480 e. The van der Waals surface area contributed by atoms with Crippen LogP contribution in [0.2, 0.25) is 0 Å². The quantitative estimate of drug-likeness (QED) is 0.188. The van der Waals surface area contributed by atoms with Crippen molar-refractivity contribution < 1.29 is 29.4 Å². The number of nitrogens with one attached hydrogen (secondary N) is 4. The lowest BCUT2D eigenvalue weighted by molar-refractivity contribution is -0.142. The molecule has 0 bridgehead atoms. The highest BCUT2D eigenvalue weighted by Gasteiger charge is 2.29. The van der Waals surface area contributed by atoms with Crippen LogP contribution in [0.1, 0.15) is 19.4 Å². The molecular weight excluding hydrogens is 450 g/mol. The van der Waals surface area contributed by atoms with Crippen LogP contribution in [0, 0.1) is 0 Å². The number of carbonyl (C=O) groups is 4. The Morgan fingerprint density at radius 2 is 1.67 bits per heavy atom. The van der Waals surface area contributed by atoms with Crippen LogP contribution in [-0.2, 0) is 25.6 Å². The van der Waals surface area contributed by atoms with Crippen molar-refractivity contribution in [1.29, 1.82) is 0 Å². The van der Waals surface area contributed by atoms with Gasteiger partial charge < -0.3 is 36.9 Å². The van der Waals surface area contributed by atoms with E-state index >= 15 is 0 Å². The van der Waals surface area contributed by atoms with Crippen molar-refractivity contribution >= 4 is 47.2 Å². The Hall–Kier alpha value is -3.09. The number of H-pyrrole nitrogens is 1. The molecule has 8 N–H and O–H groups in total. The predicted octanol–water partition coefficient (Wildman–Crippen LogP) is -1.09. The van der Waals surface area contributed by atoms with Crippen LogP contribution >= 0.6 is 12.6 Å². The molecule has 2 rings (SSSR count). The average Bonchev–Trinajstić information content (AvgIpc) is 3.18. The number of fused-ring (bicyclic) bond motifs is 1. The zero-order chi connectivity index (χ0) is 24.7. The lowest BCUT2D eigenvalue weighted by Crippen LogP contribution is -2.58.